The first kappa shape index (κ1) is 18.4. The number of carbonyl (C=O) groups excluding carboxylic acids is 1. The first-order valence-electron chi connectivity index (χ1n) is 8.15. The molecule has 7 heteroatoms. The maximum Gasteiger partial charge on any atom is 0.274 e. The lowest BCUT2D eigenvalue weighted by Gasteiger charge is -2.10. The summed E-state index contributed by atoms with van der Waals surface area (Å²) >= 11 is 6.10. The summed E-state index contributed by atoms with van der Waals surface area (Å²) in [5, 5.41) is 15.4. The molecule has 6 nitrogen and oxygen atoms in total. The zero-order chi connectivity index (χ0) is 19.4. The highest BCUT2D eigenvalue weighted by Gasteiger charge is 2.12. The summed E-state index contributed by atoms with van der Waals surface area (Å²) in [5.41, 5.74) is 3.55. The van der Waals surface area contributed by atoms with Gasteiger partial charge in [-0.25, -0.2) is 9.97 Å². The highest BCUT2D eigenvalue weighted by Crippen LogP contribution is 2.21. The summed E-state index contributed by atoms with van der Waals surface area (Å²) in [5.74, 6) is -0.0913. The highest BCUT2D eigenvalue weighted by molar-refractivity contribution is 6.31. The van der Waals surface area contributed by atoms with Gasteiger partial charge in [0.25, 0.3) is 5.91 Å². The number of rotatable bonds is 4. The molecule has 2 aromatic carbocycles. The van der Waals surface area contributed by atoms with E-state index in [4.69, 9.17) is 16.9 Å². The molecule has 3 aromatic rings. The monoisotopic (exact) mass is 377 g/mol. The fourth-order valence-electron chi connectivity index (χ4n) is 2.40. The Bertz CT molecular complexity index is 1060. The number of benzene rings is 2. The van der Waals surface area contributed by atoms with Crippen molar-refractivity contribution in [3.8, 4) is 6.07 Å². The smallest absolute Gasteiger partial charge is 0.274 e. The van der Waals surface area contributed by atoms with E-state index < -0.39 is 0 Å². The molecule has 0 bridgehead atoms. The SMILES string of the molecule is Cc1cc(C(=O)Nc2ccc(C)c(Cl)c2)nc(Nc2cccc(C#N)c2)n1. The van der Waals surface area contributed by atoms with Crippen molar-refractivity contribution < 1.29 is 4.79 Å². The first-order chi connectivity index (χ1) is 12.9. The van der Waals surface area contributed by atoms with Crippen molar-refractivity contribution in [2.45, 2.75) is 13.8 Å². The first-order valence-corrected chi connectivity index (χ1v) is 8.53. The van der Waals surface area contributed by atoms with Crippen molar-refractivity contribution in [1.82, 2.24) is 9.97 Å². The second-order valence-corrected chi connectivity index (χ2v) is 6.36. The van der Waals surface area contributed by atoms with Crippen LogP contribution in [0, 0.1) is 25.2 Å². The van der Waals surface area contributed by atoms with Gasteiger partial charge in [0.05, 0.1) is 11.6 Å². The van der Waals surface area contributed by atoms with Gasteiger partial charge in [-0.15, -0.1) is 0 Å². The molecule has 0 radical (unpaired) electrons. The quantitative estimate of drug-likeness (QED) is 0.692. The van der Waals surface area contributed by atoms with E-state index in [-0.39, 0.29) is 17.5 Å². The van der Waals surface area contributed by atoms with Crippen molar-refractivity contribution in [2.75, 3.05) is 10.6 Å². The van der Waals surface area contributed by atoms with Crippen molar-refractivity contribution >= 4 is 34.8 Å². The van der Waals surface area contributed by atoms with Gasteiger partial charge in [0, 0.05) is 22.1 Å². The van der Waals surface area contributed by atoms with Gasteiger partial charge >= 0.3 is 0 Å². The molecule has 1 amide bonds. The summed E-state index contributed by atoms with van der Waals surface area (Å²) < 4.78 is 0. The van der Waals surface area contributed by atoms with Gasteiger partial charge in [-0.2, -0.15) is 5.26 Å². The molecule has 1 aromatic heterocycles. The number of carbonyl (C=O) groups is 1. The fourth-order valence-corrected chi connectivity index (χ4v) is 2.58. The molecular formula is C20H16ClN5O. The Balaban J connectivity index is 1.82. The molecule has 1 heterocycles. The molecule has 0 aliphatic carbocycles. The van der Waals surface area contributed by atoms with Crippen molar-refractivity contribution in [2.24, 2.45) is 0 Å². The van der Waals surface area contributed by atoms with E-state index in [2.05, 4.69) is 26.7 Å². The standard InChI is InChI=1S/C20H16ClN5O/c1-12-6-7-16(10-17(12)21)24-19(27)18-8-13(2)23-20(26-18)25-15-5-3-4-14(9-15)11-22/h3-10H,1-2H3,(H,24,27)(H,23,25,26). The zero-order valence-corrected chi connectivity index (χ0v) is 15.5. The third kappa shape index (κ3) is 4.60. The molecule has 2 N–H and O–H groups in total. The molecule has 27 heavy (non-hydrogen) atoms. The van der Waals surface area contributed by atoms with Crippen LogP contribution in [0.5, 0.6) is 0 Å². The van der Waals surface area contributed by atoms with Gasteiger partial charge in [0.15, 0.2) is 0 Å². The van der Waals surface area contributed by atoms with Crippen LogP contribution in [0.3, 0.4) is 0 Å². The lowest BCUT2D eigenvalue weighted by Crippen LogP contribution is -2.15. The predicted octanol–water partition coefficient (Wildman–Crippen LogP) is 4.61. The number of hydrogen-bond acceptors (Lipinski definition) is 5. The van der Waals surface area contributed by atoms with Crippen LogP contribution in [-0.4, -0.2) is 15.9 Å². The van der Waals surface area contributed by atoms with E-state index in [0.717, 1.165) is 5.56 Å². The zero-order valence-electron chi connectivity index (χ0n) is 14.7. The predicted molar refractivity (Wildman–Crippen MR) is 105 cm³/mol. The molecule has 0 aliphatic rings. The van der Waals surface area contributed by atoms with E-state index in [0.29, 0.717) is 27.7 Å². The molecule has 134 valence electrons. The number of hydrogen-bond donors (Lipinski definition) is 2. The van der Waals surface area contributed by atoms with Crippen LogP contribution in [0.15, 0.2) is 48.5 Å². The Morgan fingerprint density at radius 3 is 2.63 bits per heavy atom. The molecule has 0 spiro atoms. The summed E-state index contributed by atoms with van der Waals surface area (Å²) in [6.45, 7) is 3.67. The molecule has 0 fully saturated rings. The largest absolute Gasteiger partial charge is 0.324 e. The van der Waals surface area contributed by atoms with Crippen LogP contribution in [0.1, 0.15) is 27.3 Å². The van der Waals surface area contributed by atoms with Crippen molar-refractivity contribution in [1.29, 1.82) is 5.26 Å². The lowest BCUT2D eigenvalue weighted by molar-refractivity contribution is 0.102. The van der Waals surface area contributed by atoms with Crippen LogP contribution in [0.4, 0.5) is 17.3 Å². The lowest BCUT2D eigenvalue weighted by atomic mass is 10.2. The van der Waals surface area contributed by atoms with Crippen LogP contribution in [0.2, 0.25) is 5.02 Å². The minimum Gasteiger partial charge on any atom is -0.324 e. The van der Waals surface area contributed by atoms with Gasteiger partial charge < -0.3 is 10.6 Å². The van der Waals surface area contributed by atoms with E-state index in [1.54, 1.807) is 49.4 Å². The second-order valence-electron chi connectivity index (χ2n) is 5.95. The third-order valence-electron chi connectivity index (χ3n) is 3.76. The summed E-state index contributed by atoms with van der Waals surface area (Å²) in [6, 6.07) is 15.9. The Labute approximate surface area is 161 Å². The number of aryl methyl sites for hydroxylation is 2. The normalized spacial score (nSPS) is 10.1. The van der Waals surface area contributed by atoms with E-state index in [1.165, 1.54) is 0 Å². The summed E-state index contributed by atoms with van der Waals surface area (Å²) in [6.07, 6.45) is 0. The number of nitrogens with one attached hydrogen (secondary N) is 2. The topological polar surface area (TPSA) is 90.7 Å². The maximum atomic E-state index is 12.6. The minimum absolute atomic E-state index is 0.220. The Morgan fingerprint density at radius 2 is 1.89 bits per heavy atom. The molecular weight excluding hydrogens is 362 g/mol. The van der Waals surface area contributed by atoms with E-state index in [9.17, 15) is 4.79 Å². The molecule has 0 saturated heterocycles. The third-order valence-corrected chi connectivity index (χ3v) is 4.17. The number of nitriles is 1. The van der Waals surface area contributed by atoms with Crippen molar-refractivity contribution in [3.63, 3.8) is 0 Å². The van der Waals surface area contributed by atoms with Crippen LogP contribution < -0.4 is 10.6 Å². The van der Waals surface area contributed by atoms with Gasteiger partial charge in [-0.1, -0.05) is 23.7 Å². The van der Waals surface area contributed by atoms with E-state index >= 15 is 0 Å². The molecule has 0 saturated carbocycles. The minimum atomic E-state index is -0.366. The average Bonchev–Trinajstić information content (AvgIpc) is 2.64. The highest BCUT2D eigenvalue weighted by atomic mass is 35.5. The van der Waals surface area contributed by atoms with Crippen molar-refractivity contribution in [3.05, 3.63) is 76.1 Å². The molecule has 0 unspecified atom stereocenters. The Morgan fingerprint density at radius 1 is 1.07 bits per heavy atom. The van der Waals surface area contributed by atoms with E-state index in [1.807, 2.05) is 13.0 Å². The van der Waals surface area contributed by atoms with Gasteiger partial charge in [-0.05, 0) is 55.8 Å². The second kappa shape index (κ2) is 7.85. The summed E-state index contributed by atoms with van der Waals surface area (Å²) in [4.78, 5) is 21.1. The number of anilines is 3. The fraction of sp³-hybridized carbons (Fsp3) is 0.100. The Kier molecular flexibility index (Phi) is 5.34. The molecule has 3 rings (SSSR count). The summed E-state index contributed by atoms with van der Waals surface area (Å²) in [7, 11) is 0. The van der Waals surface area contributed by atoms with Gasteiger partial charge in [-0.3, -0.25) is 4.79 Å². The Hall–Kier alpha value is -3.43. The van der Waals surface area contributed by atoms with Crippen LogP contribution >= 0.6 is 11.6 Å². The molecule has 0 aliphatic heterocycles. The molecule has 0 atom stereocenters. The van der Waals surface area contributed by atoms with Crippen LogP contribution in [0.25, 0.3) is 0 Å². The average molecular weight is 378 g/mol. The number of halogens is 1. The van der Waals surface area contributed by atoms with Gasteiger partial charge in [0.2, 0.25) is 5.95 Å². The number of nitrogens with zero attached hydrogens (tertiary/aromatic N) is 3. The van der Waals surface area contributed by atoms with Crippen LogP contribution in [-0.2, 0) is 0 Å². The number of aromatic nitrogens is 2. The van der Waals surface area contributed by atoms with Gasteiger partial charge in [0.1, 0.15) is 5.69 Å². The number of amides is 1. The maximum absolute atomic E-state index is 12.6.